The van der Waals surface area contributed by atoms with E-state index >= 15 is 0 Å². The molecule has 1 N–H and O–H groups in total. The maximum Gasteiger partial charge on any atom is 0.193 e. The molecule has 0 radical (unpaired) electrons. The highest BCUT2D eigenvalue weighted by Crippen LogP contribution is 2.31. The van der Waals surface area contributed by atoms with Gasteiger partial charge in [0.15, 0.2) is 5.96 Å². The molecule has 0 aromatic rings. The summed E-state index contributed by atoms with van der Waals surface area (Å²) in [5.74, 6) is 2.92. The van der Waals surface area contributed by atoms with Gasteiger partial charge in [0.1, 0.15) is 0 Å². The molecular weight excluding hydrogens is 198 g/mol. The predicted octanol–water partition coefficient (Wildman–Crippen LogP) is 2.09. The topological polar surface area (TPSA) is 27.6 Å². The van der Waals surface area contributed by atoms with Gasteiger partial charge in [0.25, 0.3) is 0 Å². The van der Waals surface area contributed by atoms with Crippen LogP contribution in [0.25, 0.3) is 0 Å². The minimum Gasteiger partial charge on any atom is -0.356 e. The van der Waals surface area contributed by atoms with Gasteiger partial charge in [-0.2, -0.15) is 0 Å². The van der Waals surface area contributed by atoms with Crippen molar-refractivity contribution in [3.8, 4) is 0 Å². The molecule has 92 valence electrons. The molecule has 0 saturated heterocycles. The van der Waals surface area contributed by atoms with Crippen LogP contribution in [0.1, 0.15) is 39.0 Å². The van der Waals surface area contributed by atoms with E-state index in [9.17, 15) is 0 Å². The monoisotopic (exact) mass is 223 g/mol. The molecule has 1 saturated carbocycles. The van der Waals surface area contributed by atoms with Gasteiger partial charge in [-0.1, -0.05) is 32.6 Å². The standard InChI is InChI=1S/C13H25N3/c1-3-11-6-4-5-7-12(11)10-15-13-14-8-9-16(13)2/h11-12H,3-10H2,1-2H3,(H,14,15). The average molecular weight is 223 g/mol. The summed E-state index contributed by atoms with van der Waals surface area (Å²) in [6.45, 7) is 5.49. The van der Waals surface area contributed by atoms with Crippen molar-refractivity contribution in [2.24, 2.45) is 16.8 Å². The van der Waals surface area contributed by atoms with Crippen molar-refractivity contribution in [1.29, 1.82) is 0 Å². The fourth-order valence-corrected chi connectivity index (χ4v) is 3.04. The fraction of sp³-hybridized carbons (Fsp3) is 0.923. The molecule has 0 aromatic heterocycles. The van der Waals surface area contributed by atoms with Gasteiger partial charge in [-0.15, -0.1) is 0 Å². The Morgan fingerprint density at radius 3 is 2.69 bits per heavy atom. The normalized spacial score (nSPS) is 30.4. The van der Waals surface area contributed by atoms with E-state index in [1.165, 1.54) is 32.1 Å². The minimum absolute atomic E-state index is 0.871. The zero-order chi connectivity index (χ0) is 11.4. The van der Waals surface area contributed by atoms with E-state index in [4.69, 9.17) is 0 Å². The van der Waals surface area contributed by atoms with Crippen molar-refractivity contribution in [2.45, 2.75) is 39.0 Å². The number of nitrogens with one attached hydrogen (secondary N) is 1. The number of aliphatic imine (C=N–C) groups is 1. The number of likely N-dealkylation sites (N-methyl/N-ethyl adjacent to an activating group) is 1. The van der Waals surface area contributed by atoms with E-state index < -0.39 is 0 Å². The Labute approximate surface area is 99.3 Å². The largest absolute Gasteiger partial charge is 0.356 e. The fourth-order valence-electron chi connectivity index (χ4n) is 3.04. The molecule has 1 heterocycles. The summed E-state index contributed by atoms with van der Waals surface area (Å²) >= 11 is 0. The van der Waals surface area contributed by atoms with Crippen molar-refractivity contribution >= 4 is 5.96 Å². The lowest BCUT2D eigenvalue weighted by Gasteiger charge is -2.31. The Morgan fingerprint density at radius 1 is 1.31 bits per heavy atom. The summed E-state index contributed by atoms with van der Waals surface area (Å²) in [6, 6.07) is 0. The first kappa shape index (κ1) is 11.7. The molecule has 1 fully saturated rings. The van der Waals surface area contributed by atoms with Crippen LogP contribution in [-0.2, 0) is 0 Å². The Bertz CT molecular complexity index is 250. The Balaban J connectivity index is 1.79. The Hall–Kier alpha value is -0.730. The van der Waals surface area contributed by atoms with Crippen LogP contribution in [0.3, 0.4) is 0 Å². The first-order valence-corrected chi connectivity index (χ1v) is 6.80. The highest BCUT2D eigenvalue weighted by molar-refractivity contribution is 5.81. The molecule has 1 aliphatic carbocycles. The van der Waals surface area contributed by atoms with E-state index in [1.54, 1.807) is 0 Å². The lowest BCUT2D eigenvalue weighted by atomic mass is 9.78. The summed E-state index contributed by atoms with van der Waals surface area (Å²) < 4.78 is 0. The van der Waals surface area contributed by atoms with Crippen molar-refractivity contribution in [2.75, 3.05) is 26.7 Å². The first-order valence-electron chi connectivity index (χ1n) is 6.80. The molecule has 3 heteroatoms. The van der Waals surface area contributed by atoms with E-state index in [-0.39, 0.29) is 0 Å². The molecule has 2 atom stereocenters. The van der Waals surface area contributed by atoms with E-state index in [0.717, 1.165) is 37.4 Å². The van der Waals surface area contributed by atoms with Gasteiger partial charge in [-0.3, -0.25) is 4.99 Å². The lowest BCUT2D eigenvalue weighted by molar-refractivity contribution is 0.230. The van der Waals surface area contributed by atoms with Crippen molar-refractivity contribution in [3.05, 3.63) is 0 Å². The summed E-state index contributed by atoms with van der Waals surface area (Å²) in [5, 5.41) is 3.54. The van der Waals surface area contributed by atoms with E-state index in [1.807, 2.05) is 0 Å². The van der Waals surface area contributed by atoms with Crippen molar-refractivity contribution in [1.82, 2.24) is 10.2 Å². The van der Waals surface area contributed by atoms with Gasteiger partial charge in [0, 0.05) is 20.1 Å². The van der Waals surface area contributed by atoms with Gasteiger partial charge < -0.3 is 10.2 Å². The Morgan fingerprint density at radius 2 is 2.06 bits per heavy atom. The summed E-state index contributed by atoms with van der Waals surface area (Å²) in [5.41, 5.74) is 0. The quantitative estimate of drug-likeness (QED) is 0.793. The smallest absolute Gasteiger partial charge is 0.193 e. The van der Waals surface area contributed by atoms with Gasteiger partial charge in [0.05, 0.1) is 6.54 Å². The maximum absolute atomic E-state index is 4.48. The SMILES string of the molecule is CCC1CCCCC1CNC1=NCCN1C. The molecule has 0 aromatic carbocycles. The second kappa shape index (κ2) is 5.55. The lowest BCUT2D eigenvalue weighted by Crippen LogP contribution is -2.40. The summed E-state index contributed by atoms with van der Waals surface area (Å²) in [7, 11) is 2.12. The van der Waals surface area contributed by atoms with Crippen molar-refractivity contribution in [3.63, 3.8) is 0 Å². The number of hydrogen-bond acceptors (Lipinski definition) is 3. The van der Waals surface area contributed by atoms with Gasteiger partial charge in [-0.05, 0) is 18.3 Å². The first-order chi connectivity index (χ1) is 7.81. The molecule has 0 bridgehead atoms. The molecule has 16 heavy (non-hydrogen) atoms. The average Bonchev–Trinajstić information content (AvgIpc) is 2.72. The molecule has 0 amide bonds. The second-order valence-corrected chi connectivity index (χ2v) is 5.22. The van der Waals surface area contributed by atoms with Crippen LogP contribution >= 0.6 is 0 Å². The van der Waals surface area contributed by atoms with Crippen LogP contribution in [0.15, 0.2) is 4.99 Å². The molecule has 0 spiro atoms. The van der Waals surface area contributed by atoms with E-state index in [2.05, 4.69) is 29.2 Å². The highest BCUT2D eigenvalue weighted by Gasteiger charge is 2.24. The second-order valence-electron chi connectivity index (χ2n) is 5.22. The molecule has 1 aliphatic heterocycles. The van der Waals surface area contributed by atoms with E-state index in [0.29, 0.717) is 0 Å². The van der Waals surface area contributed by atoms with Crippen LogP contribution in [0.4, 0.5) is 0 Å². The van der Waals surface area contributed by atoms with Gasteiger partial charge >= 0.3 is 0 Å². The van der Waals surface area contributed by atoms with Crippen LogP contribution < -0.4 is 5.32 Å². The number of hydrogen-bond donors (Lipinski definition) is 1. The van der Waals surface area contributed by atoms with Crippen LogP contribution in [0, 0.1) is 11.8 Å². The summed E-state index contributed by atoms with van der Waals surface area (Å²) in [4.78, 5) is 6.71. The zero-order valence-electron chi connectivity index (χ0n) is 10.7. The highest BCUT2D eigenvalue weighted by atomic mass is 15.3. The molecule has 2 rings (SSSR count). The zero-order valence-corrected chi connectivity index (χ0v) is 10.7. The maximum atomic E-state index is 4.48. The van der Waals surface area contributed by atoms with Crippen molar-refractivity contribution < 1.29 is 0 Å². The number of guanidine groups is 1. The van der Waals surface area contributed by atoms with Crippen LogP contribution in [0.2, 0.25) is 0 Å². The third-order valence-corrected chi connectivity index (χ3v) is 4.17. The van der Waals surface area contributed by atoms with Crippen LogP contribution in [-0.4, -0.2) is 37.5 Å². The van der Waals surface area contributed by atoms with Gasteiger partial charge in [-0.25, -0.2) is 0 Å². The molecule has 2 unspecified atom stereocenters. The molecule has 2 aliphatic rings. The van der Waals surface area contributed by atoms with Crippen LogP contribution in [0.5, 0.6) is 0 Å². The van der Waals surface area contributed by atoms with Gasteiger partial charge in [0.2, 0.25) is 0 Å². The molecular formula is C13H25N3. The Kier molecular flexibility index (Phi) is 4.08. The minimum atomic E-state index is 0.871. The summed E-state index contributed by atoms with van der Waals surface area (Å²) in [6.07, 6.45) is 7.04. The third kappa shape index (κ3) is 2.69. The predicted molar refractivity (Wildman–Crippen MR) is 68.7 cm³/mol. The number of rotatable bonds is 3. The third-order valence-electron chi connectivity index (χ3n) is 4.17. The number of nitrogens with zero attached hydrogens (tertiary/aromatic N) is 2. The molecule has 3 nitrogen and oxygen atoms in total.